The van der Waals surface area contributed by atoms with E-state index in [9.17, 15) is 5.11 Å². The van der Waals surface area contributed by atoms with Crippen molar-refractivity contribution in [3.63, 3.8) is 0 Å². The molecule has 0 amide bonds. The van der Waals surface area contributed by atoms with Gasteiger partial charge in [0.05, 0.1) is 6.10 Å². The molecule has 3 atom stereocenters. The molecule has 12 heavy (non-hydrogen) atoms. The van der Waals surface area contributed by atoms with E-state index in [0.717, 1.165) is 12.0 Å². The number of aliphatic hydroxyl groups is 1. The van der Waals surface area contributed by atoms with E-state index >= 15 is 0 Å². The highest BCUT2D eigenvalue weighted by Gasteiger charge is 2.37. The maximum absolute atomic E-state index is 9.63. The fourth-order valence-corrected chi connectivity index (χ4v) is 2.67. The Hall–Kier alpha value is -0.560. The van der Waals surface area contributed by atoms with Crippen LogP contribution in [-0.4, -0.2) is 11.2 Å². The minimum atomic E-state index is -0.308. The third kappa shape index (κ3) is 1.04. The van der Waals surface area contributed by atoms with Crippen molar-refractivity contribution in [2.24, 2.45) is 11.8 Å². The van der Waals surface area contributed by atoms with Crippen LogP contribution in [0.3, 0.4) is 0 Å². The van der Waals surface area contributed by atoms with Gasteiger partial charge < -0.3 is 5.11 Å². The van der Waals surface area contributed by atoms with Gasteiger partial charge >= 0.3 is 0 Å². The van der Waals surface area contributed by atoms with E-state index in [1.165, 1.54) is 24.8 Å². The Balaban J connectivity index is 2.23. The summed E-state index contributed by atoms with van der Waals surface area (Å²) in [6.07, 6.45) is 4.19. The van der Waals surface area contributed by atoms with Crippen LogP contribution in [-0.2, 0) is 0 Å². The lowest BCUT2D eigenvalue weighted by molar-refractivity contribution is 0.171. The van der Waals surface area contributed by atoms with Crippen molar-refractivity contribution in [3.8, 4) is 0 Å². The van der Waals surface area contributed by atoms with E-state index in [0.29, 0.717) is 11.8 Å². The third-order valence-corrected chi connectivity index (χ3v) is 3.40. The minimum absolute atomic E-state index is 0.308. The van der Waals surface area contributed by atoms with Gasteiger partial charge in [0.15, 0.2) is 0 Å². The summed E-state index contributed by atoms with van der Waals surface area (Å²) in [6.45, 7) is 8.02. The molecule has 0 heterocycles. The van der Waals surface area contributed by atoms with Gasteiger partial charge in [0.2, 0.25) is 0 Å². The second kappa shape index (κ2) is 2.74. The second-order valence-electron chi connectivity index (χ2n) is 4.10. The molecular formula is C11H16O. The molecule has 0 saturated heterocycles. The first-order chi connectivity index (χ1) is 5.70. The van der Waals surface area contributed by atoms with Crippen molar-refractivity contribution in [1.82, 2.24) is 0 Å². The highest BCUT2D eigenvalue weighted by atomic mass is 16.3. The van der Waals surface area contributed by atoms with Crippen LogP contribution in [0, 0.1) is 11.8 Å². The molecule has 1 nitrogen and oxygen atoms in total. The third-order valence-electron chi connectivity index (χ3n) is 3.40. The Morgan fingerprint density at radius 1 is 1.17 bits per heavy atom. The predicted octanol–water partition coefficient (Wildman–Crippen LogP) is 2.28. The second-order valence-corrected chi connectivity index (χ2v) is 4.10. The SMILES string of the molecule is C=C1CC(O)C(=C)C2CCCC12. The molecule has 2 rings (SSSR count). The summed E-state index contributed by atoms with van der Waals surface area (Å²) in [4.78, 5) is 0. The van der Waals surface area contributed by atoms with Crippen molar-refractivity contribution in [2.45, 2.75) is 31.8 Å². The Kier molecular flexibility index (Phi) is 1.84. The van der Waals surface area contributed by atoms with Gasteiger partial charge in [0.25, 0.3) is 0 Å². The summed E-state index contributed by atoms with van der Waals surface area (Å²) < 4.78 is 0. The first kappa shape index (κ1) is 8.06. The van der Waals surface area contributed by atoms with E-state index in [4.69, 9.17) is 0 Å². The van der Waals surface area contributed by atoms with E-state index in [-0.39, 0.29) is 6.10 Å². The number of fused-ring (bicyclic) bond motifs is 1. The molecule has 0 aliphatic heterocycles. The Labute approximate surface area is 73.8 Å². The van der Waals surface area contributed by atoms with Gasteiger partial charge in [0.1, 0.15) is 0 Å². The van der Waals surface area contributed by atoms with Crippen molar-refractivity contribution in [1.29, 1.82) is 0 Å². The zero-order valence-corrected chi connectivity index (χ0v) is 7.42. The highest BCUT2D eigenvalue weighted by Crippen LogP contribution is 2.46. The highest BCUT2D eigenvalue weighted by molar-refractivity contribution is 5.25. The Bertz CT molecular complexity index is 229. The largest absolute Gasteiger partial charge is 0.388 e. The molecule has 1 heteroatoms. The Morgan fingerprint density at radius 3 is 2.58 bits per heavy atom. The zero-order chi connectivity index (χ0) is 8.72. The molecule has 0 aromatic carbocycles. The zero-order valence-electron chi connectivity index (χ0n) is 7.42. The smallest absolute Gasteiger partial charge is 0.0787 e. The van der Waals surface area contributed by atoms with Crippen LogP contribution < -0.4 is 0 Å². The number of hydrogen-bond acceptors (Lipinski definition) is 1. The molecule has 2 aliphatic carbocycles. The van der Waals surface area contributed by atoms with Crippen LogP contribution in [0.25, 0.3) is 0 Å². The lowest BCUT2D eigenvalue weighted by Gasteiger charge is -2.33. The molecule has 1 N–H and O–H groups in total. The Morgan fingerprint density at radius 2 is 1.83 bits per heavy atom. The molecule has 2 fully saturated rings. The van der Waals surface area contributed by atoms with Crippen molar-refractivity contribution in [3.05, 3.63) is 24.3 Å². The van der Waals surface area contributed by atoms with Gasteiger partial charge in [-0.05, 0) is 36.7 Å². The standard InChI is InChI=1S/C11H16O/c1-7-6-11(12)8(2)10-5-3-4-9(7)10/h9-12H,1-6H2. The molecular weight excluding hydrogens is 148 g/mol. The molecule has 0 spiro atoms. The summed E-state index contributed by atoms with van der Waals surface area (Å²) in [5.41, 5.74) is 2.31. The van der Waals surface area contributed by atoms with Gasteiger partial charge in [-0.25, -0.2) is 0 Å². The van der Waals surface area contributed by atoms with E-state index < -0.39 is 0 Å². The first-order valence-electron chi connectivity index (χ1n) is 4.74. The van der Waals surface area contributed by atoms with Gasteiger partial charge in [-0.1, -0.05) is 25.2 Å². The van der Waals surface area contributed by atoms with Crippen LogP contribution in [0.5, 0.6) is 0 Å². The number of aliphatic hydroxyl groups excluding tert-OH is 1. The van der Waals surface area contributed by atoms with Crippen LogP contribution >= 0.6 is 0 Å². The molecule has 0 radical (unpaired) electrons. The normalized spacial score (nSPS) is 41.6. The topological polar surface area (TPSA) is 20.2 Å². The summed E-state index contributed by atoms with van der Waals surface area (Å²) in [5, 5.41) is 9.63. The lowest BCUT2D eigenvalue weighted by atomic mass is 9.74. The quantitative estimate of drug-likeness (QED) is 0.544. The summed E-state index contributed by atoms with van der Waals surface area (Å²) >= 11 is 0. The average Bonchev–Trinajstić information content (AvgIpc) is 2.48. The van der Waals surface area contributed by atoms with Crippen molar-refractivity contribution >= 4 is 0 Å². The maximum atomic E-state index is 9.63. The van der Waals surface area contributed by atoms with Crippen LogP contribution in [0.2, 0.25) is 0 Å². The van der Waals surface area contributed by atoms with E-state index in [1.807, 2.05) is 0 Å². The van der Waals surface area contributed by atoms with Gasteiger partial charge in [-0.2, -0.15) is 0 Å². The molecule has 0 bridgehead atoms. The summed E-state index contributed by atoms with van der Waals surface area (Å²) in [6, 6.07) is 0. The molecule has 3 unspecified atom stereocenters. The van der Waals surface area contributed by atoms with Gasteiger partial charge in [-0.3, -0.25) is 0 Å². The monoisotopic (exact) mass is 164 g/mol. The molecule has 0 aromatic rings. The number of rotatable bonds is 0. The minimum Gasteiger partial charge on any atom is -0.388 e. The molecule has 2 aliphatic rings. The average molecular weight is 164 g/mol. The summed E-state index contributed by atoms with van der Waals surface area (Å²) in [5.74, 6) is 1.18. The van der Waals surface area contributed by atoms with Crippen molar-refractivity contribution < 1.29 is 5.11 Å². The van der Waals surface area contributed by atoms with Gasteiger partial charge in [0, 0.05) is 0 Å². The first-order valence-corrected chi connectivity index (χ1v) is 4.74. The lowest BCUT2D eigenvalue weighted by Crippen LogP contribution is -2.28. The fraction of sp³-hybridized carbons (Fsp3) is 0.636. The molecule has 66 valence electrons. The van der Waals surface area contributed by atoms with E-state index in [1.54, 1.807) is 0 Å². The van der Waals surface area contributed by atoms with Crippen molar-refractivity contribution in [2.75, 3.05) is 0 Å². The van der Waals surface area contributed by atoms with Crippen LogP contribution in [0.4, 0.5) is 0 Å². The van der Waals surface area contributed by atoms with Gasteiger partial charge in [-0.15, -0.1) is 0 Å². The fourth-order valence-electron chi connectivity index (χ4n) is 2.67. The summed E-state index contributed by atoms with van der Waals surface area (Å²) in [7, 11) is 0. The maximum Gasteiger partial charge on any atom is 0.0787 e. The van der Waals surface area contributed by atoms with Crippen LogP contribution in [0.1, 0.15) is 25.7 Å². The number of hydrogen-bond donors (Lipinski definition) is 1. The van der Waals surface area contributed by atoms with Crippen LogP contribution in [0.15, 0.2) is 24.3 Å². The molecule has 0 aromatic heterocycles. The molecule has 2 saturated carbocycles. The van der Waals surface area contributed by atoms with E-state index in [2.05, 4.69) is 13.2 Å². The predicted molar refractivity (Wildman–Crippen MR) is 49.7 cm³/mol.